The van der Waals surface area contributed by atoms with E-state index in [0.717, 1.165) is 24.5 Å². The van der Waals surface area contributed by atoms with Crippen LogP contribution in [0.1, 0.15) is 60.3 Å². The van der Waals surface area contributed by atoms with Crippen molar-refractivity contribution in [2.45, 2.75) is 66.0 Å². The Morgan fingerprint density at radius 2 is 1.67 bits per heavy atom. The van der Waals surface area contributed by atoms with Crippen LogP contribution in [-0.4, -0.2) is 11.4 Å². The van der Waals surface area contributed by atoms with Crippen LogP contribution in [0.15, 0.2) is 4.99 Å². The van der Waals surface area contributed by atoms with E-state index in [2.05, 4.69) is 25.8 Å². The normalized spacial score (nSPS) is 32.5. The van der Waals surface area contributed by atoms with Gasteiger partial charge in [-0.3, -0.25) is 4.99 Å². The second-order valence-electron chi connectivity index (χ2n) is 6.30. The molecule has 0 atom stereocenters. The summed E-state index contributed by atoms with van der Waals surface area (Å²) in [6.45, 7) is 11.1. The van der Waals surface area contributed by atoms with E-state index in [4.69, 9.17) is 5.73 Å². The van der Waals surface area contributed by atoms with Crippen molar-refractivity contribution in [2.75, 3.05) is 0 Å². The van der Waals surface area contributed by atoms with Gasteiger partial charge in [0.2, 0.25) is 0 Å². The largest absolute Gasteiger partial charge is 0.307 e. The lowest BCUT2D eigenvalue weighted by molar-refractivity contribution is 0.138. The van der Waals surface area contributed by atoms with Crippen LogP contribution >= 0.6 is 0 Å². The Morgan fingerprint density at radius 3 is 2.00 bits per heavy atom. The molecule has 2 N–H and O–H groups in total. The zero-order chi connectivity index (χ0) is 11.7. The van der Waals surface area contributed by atoms with Crippen molar-refractivity contribution >= 4 is 5.71 Å². The highest BCUT2D eigenvalue weighted by molar-refractivity contribution is 5.79. The summed E-state index contributed by atoms with van der Waals surface area (Å²) in [6.07, 6.45) is 4.52. The maximum atomic E-state index is 6.28. The summed E-state index contributed by atoms with van der Waals surface area (Å²) in [5, 5.41) is 0. The lowest BCUT2D eigenvalue weighted by atomic mass is 9.70. The van der Waals surface area contributed by atoms with Crippen LogP contribution in [0.2, 0.25) is 0 Å². The summed E-state index contributed by atoms with van der Waals surface area (Å²) in [6, 6.07) is 0. The molecule has 0 aromatic rings. The van der Waals surface area contributed by atoms with Crippen LogP contribution < -0.4 is 5.73 Å². The van der Waals surface area contributed by atoms with Gasteiger partial charge >= 0.3 is 0 Å². The Hall–Kier alpha value is -0.370. The van der Waals surface area contributed by atoms with Gasteiger partial charge in [0.05, 0.1) is 0 Å². The quantitative estimate of drug-likeness (QED) is 0.662. The predicted molar refractivity (Wildman–Crippen MR) is 67.1 cm³/mol. The van der Waals surface area contributed by atoms with Gasteiger partial charge in [0, 0.05) is 5.71 Å². The Balaban J connectivity index is 2.59. The Bertz CT molecular complexity index is 236. The summed E-state index contributed by atoms with van der Waals surface area (Å²) >= 11 is 0. The topological polar surface area (TPSA) is 38.4 Å². The number of aliphatic imine (C=N–C) groups is 1. The van der Waals surface area contributed by atoms with Crippen LogP contribution in [0.3, 0.4) is 0 Å². The molecule has 88 valence electrons. The van der Waals surface area contributed by atoms with Crippen LogP contribution in [-0.2, 0) is 0 Å². The molecule has 0 radical (unpaired) electrons. The number of nitrogens with two attached hydrogens (primary N) is 1. The molecule has 0 aromatic carbocycles. The SMILES string of the molecule is CC(C)=NC1(N)CCC(C(C)(C)C)CC1. The van der Waals surface area contributed by atoms with Crippen molar-refractivity contribution < 1.29 is 0 Å². The van der Waals surface area contributed by atoms with Crippen molar-refractivity contribution in [1.29, 1.82) is 0 Å². The minimum atomic E-state index is -0.263. The highest BCUT2D eigenvalue weighted by atomic mass is 15.0. The maximum absolute atomic E-state index is 6.28. The second-order valence-corrected chi connectivity index (χ2v) is 6.30. The molecule has 0 aromatic heterocycles. The van der Waals surface area contributed by atoms with E-state index in [1.54, 1.807) is 0 Å². The van der Waals surface area contributed by atoms with Gasteiger partial charge in [-0.25, -0.2) is 0 Å². The average Bonchev–Trinajstić information content (AvgIpc) is 2.00. The molecule has 1 aliphatic carbocycles. The van der Waals surface area contributed by atoms with Crippen LogP contribution in [0.25, 0.3) is 0 Å². The van der Waals surface area contributed by atoms with E-state index >= 15 is 0 Å². The number of hydrogen-bond acceptors (Lipinski definition) is 2. The van der Waals surface area contributed by atoms with Gasteiger partial charge in [-0.2, -0.15) is 0 Å². The van der Waals surface area contributed by atoms with Gasteiger partial charge in [-0.1, -0.05) is 20.8 Å². The van der Waals surface area contributed by atoms with Crippen molar-refractivity contribution in [3.8, 4) is 0 Å². The van der Waals surface area contributed by atoms with Gasteiger partial charge in [0.15, 0.2) is 0 Å². The molecular formula is C13H26N2. The highest BCUT2D eigenvalue weighted by Crippen LogP contribution is 2.40. The van der Waals surface area contributed by atoms with E-state index in [0.29, 0.717) is 5.41 Å². The molecule has 0 aliphatic heterocycles. The Labute approximate surface area is 94.3 Å². The summed E-state index contributed by atoms with van der Waals surface area (Å²) in [5.74, 6) is 0.807. The van der Waals surface area contributed by atoms with Crippen molar-refractivity contribution in [2.24, 2.45) is 22.1 Å². The minimum absolute atomic E-state index is 0.263. The fourth-order valence-corrected chi connectivity index (χ4v) is 2.54. The molecule has 2 heteroatoms. The first-order valence-electron chi connectivity index (χ1n) is 6.05. The molecule has 1 saturated carbocycles. The van der Waals surface area contributed by atoms with Crippen LogP contribution in [0.5, 0.6) is 0 Å². The number of nitrogens with zero attached hydrogens (tertiary/aromatic N) is 1. The third-order valence-corrected chi connectivity index (χ3v) is 3.52. The molecule has 0 amide bonds. The monoisotopic (exact) mass is 210 g/mol. The summed E-state index contributed by atoms with van der Waals surface area (Å²) in [5.41, 5.74) is 7.54. The number of rotatable bonds is 1. The molecule has 15 heavy (non-hydrogen) atoms. The van der Waals surface area contributed by atoms with Crippen LogP contribution in [0.4, 0.5) is 0 Å². The molecule has 1 fully saturated rings. The third kappa shape index (κ3) is 3.60. The predicted octanol–water partition coefficient (Wildman–Crippen LogP) is 3.36. The van der Waals surface area contributed by atoms with Gasteiger partial charge in [-0.15, -0.1) is 0 Å². The van der Waals surface area contributed by atoms with Gasteiger partial charge in [-0.05, 0) is 50.9 Å². The zero-order valence-electron chi connectivity index (χ0n) is 10.9. The van der Waals surface area contributed by atoms with Gasteiger partial charge in [0.25, 0.3) is 0 Å². The van der Waals surface area contributed by atoms with E-state index in [9.17, 15) is 0 Å². The third-order valence-electron chi connectivity index (χ3n) is 3.52. The maximum Gasteiger partial charge on any atom is 0.108 e. The minimum Gasteiger partial charge on any atom is -0.307 e. The fourth-order valence-electron chi connectivity index (χ4n) is 2.54. The first-order chi connectivity index (χ1) is 6.73. The first kappa shape index (κ1) is 12.7. The molecule has 2 nitrogen and oxygen atoms in total. The number of hydrogen-bond donors (Lipinski definition) is 1. The molecule has 1 rings (SSSR count). The first-order valence-corrected chi connectivity index (χ1v) is 6.05. The lowest BCUT2D eigenvalue weighted by Gasteiger charge is -2.40. The lowest BCUT2D eigenvalue weighted by Crippen LogP contribution is -2.43. The summed E-state index contributed by atoms with van der Waals surface area (Å²) < 4.78 is 0. The van der Waals surface area contributed by atoms with E-state index < -0.39 is 0 Å². The van der Waals surface area contributed by atoms with E-state index in [-0.39, 0.29) is 5.66 Å². The van der Waals surface area contributed by atoms with Gasteiger partial charge < -0.3 is 5.73 Å². The van der Waals surface area contributed by atoms with E-state index in [1.807, 2.05) is 13.8 Å². The van der Waals surface area contributed by atoms with Crippen molar-refractivity contribution in [3.63, 3.8) is 0 Å². The zero-order valence-corrected chi connectivity index (χ0v) is 10.9. The van der Waals surface area contributed by atoms with Gasteiger partial charge in [0.1, 0.15) is 5.66 Å². The molecule has 0 saturated heterocycles. The Morgan fingerprint density at radius 1 is 1.20 bits per heavy atom. The highest BCUT2D eigenvalue weighted by Gasteiger charge is 2.35. The van der Waals surface area contributed by atoms with Crippen molar-refractivity contribution in [3.05, 3.63) is 0 Å². The average molecular weight is 210 g/mol. The standard InChI is InChI=1S/C13H26N2/c1-10(2)15-13(14)8-6-11(7-9-13)12(3,4)5/h11H,6-9,14H2,1-5H3. The molecule has 0 spiro atoms. The molecular weight excluding hydrogens is 184 g/mol. The van der Waals surface area contributed by atoms with Crippen LogP contribution in [0, 0.1) is 11.3 Å². The Kier molecular flexibility index (Phi) is 3.59. The fraction of sp³-hybridized carbons (Fsp3) is 0.923. The smallest absolute Gasteiger partial charge is 0.108 e. The second kappa shape index (κ2) is 4.25. The molecule has 1 aliphatic rings. The summed E-state index contributed by atoms with van der Waals surface area (Å²) in [4.78, 5) is 4.58. The molecule has 0 bridgehead atoms. The molecule has 0 unspecified atom stereocenters. The summed E-state index contributed by atoms with van der Waals surface area (Å²) in [7, 11) is 0. The van der Waals surface area contributed by atoms with E-state index in [1.165, 1.54) is 12.8 Å². The van der Waals surface area contributed by atoms with Crippen molar-refractivity contribution in [1.82, 2.24) is 0 Å². The molecule has 0 heterocycles.